The summed E-state index contributed by atoms with van der Waals surface area (Å²) in [4.78, 5) is 14.0. The summed E-state index contributed by atoms with van der Waals surface area (Å²) in [6.45, 7) is 0.0120. The highest BCUT2D eigenvalue weighted by Crippen LogP contribution is 2.08. The largest absolute Gasteiger partial charge is 0.467 e. The maximum absolute atomic E-state index is 11.4. The van der Waals surface area contributed by atoms with Gasteiger partial charge in [-0.3, -0.25) is 0 Å². The average molecular weight is 220 g/mol. The molecule has 1 atom stereocenters. The van der Waals surface area contributed by atoms with Crippen LogP contribution in [0.15, 0.2) is 35.4 Å². The summed E-state index contributed by atoms with van der Waals surface area (Å²) >= 11 is 0. The van der Waals surface area contributed by atoms with E-state index in [-0.39, 0.29) is 6.54 Å². The summed E-state index contributed by atoms with van der Waals surface area (Å²) < 4.78 is 4.60. The number of azide groups is 1. The van der Waals surface area contributed by atoms with Crippen LogP contribution in [-0.4, -0.2) is 25.7 Å². The second-order valence-corrected chi connectivity index (χ2v) is 3.00. The van der Waals surface area contributed by atoms with Gasteiger partial charge in [-0.2, -0.15) is 0 Å². The van der Waals surface area contributed by atoms with Crippen LogP contribution in [0.5, 0.6) is 0 Å². The zero-order valence-electron chi connectivity index (χ0n) is 8.83. The Morgan fingerprint density at radius 1 is 1.56 bits per heavy atom. The van der Waals surface area contributed by atoms with E-state index >= 15 is 0 Å². The van der Waals surface area contributed by atoms with Crippen LogP contribution >= 0.6 is 0 Å². The lowest BCUT2D eigenvalue weighted by Gasteiger charge is -2.15. The van der Waals surface area contributed by atoms with Crippen molar-refractivity contribution in [1.82, 2.24) is 0 Å². The Morgan fingerprint density at radius 2 is 2.25 bits per heavy atom. The maximum Gasteiger partial charge on any atom is 0.328 e. The molecule has 0 aliphatic rings. The van der Waals surface area contributed by atoms with Gasteiger partial charge in [-0.15, -0.1) is 0 Å². The van der Waals surface area contributed by atoms with Gasteiger partial charge in [0.2, 0.25) is 0 Å². The Hall–Kier alpha value is -2.20. The van der Waals surface area contributed by atoms with Crippen LogP contribution in [0.25, 0.3) is 10.4 Å². The first-order valence-corrected chi connectivity index (χ1v) is 4.68. The van der Waals surface area contributed by atoms with Crippen LogP contribution in [0.2, 0.25) is 0 Å². The molecule has 1 unspecified atom stereocenters. The lowest BCUT2D eigenvalue weighted by atomic mass is 10.2. The number of benzene rings is 1. The number of hydrogen-bond acceptors (Lipinski definition) is 4. The number of carbonyl (C=O) groups excluding carboxylic acids is 1. The first kappa shape index (κ1) is 11.9. The smallest absolute Gasteiger partial charge is 0.328 e. The molecule has 1 aromatic carbocycles. The molecule has 0 saturated carbocycles. The van der Waals surface area contributed by atoms with Gasteiger partial charge in [0.05, 0.1) is 13.7 Å². The van der Waals surface area contributed by atoms with Crippen LogP contribution in [0.1, 0.15) is 0 Å². The summed E-state index contributed by atoms with van der Waals surface area (Å²) in [5, 5.41) is 6.28. The van der Waals surface area contributed by atoms with Crippen LogP contribution in [-0.2, 0) is 9.53 Å². The molecule has 0 heterocycles. The molecule has 1 N–H and O–H groups in total. The number of nitrogens with zero attached hydrogens (tertiary/aromatic N) is 3. The third kappa shape index (κ3) is 3.51. The number of rotatable bonds is 5. The molecule has 0 saturated heterocycles. The van der Waals surface area contributed by atoms with Crippen molar-refractivity contribution in [3.63, 3.8) is 0 Å². The standard InChI is InChI=1S/C10H12N4O2/c1-16-10(15)9(7-12-14-11)13-8-5-3-2-4-6-8/h2-6,9,13H,7H2,1H3. The summed E-state index contributed by atoms with van der Waals surface area (Å²) in [5.41, 5.74) is 8.98. The van der Waals surface area contributed by atoms with Crippen LogP contribution in [0, 0.1) is 0 Å². The molecule has 0 amide bonds. The highest BCUT2D eigenvalue weighted by molar-refractivity contribution is 5.79. The van der Waals surface area contributed by atoms with Crippen LogP contribution in [0.3, 0.4) is 0 Å². The van der Waals surface area contributed by atoms with Gasteiger partial charge < -0.3 is 10.1 Å². The molecule has 0 bridgehead atoms. The molecule has 0 aliphatic heterocycles. The lowest BCUT2D eigenvalue weighted by molar-refractivity contribution is -0.141. The Bertz CT molecular complexity index is 387. The zero-order valence-corrected chi connectivity index (χ0v) is 8.83. The molecular weight excluding hydrogens is 208 g/mol. The number of ether oxygens (including phenoxy) is 1. The van der Waals surface area contributed by atoms with Gasteiger partial charge in [-0.1, -0.05) is 23.3 Å². The molecule has 16 heavy (non-hydrogen) atoms. The lowest BCUT2D eigenvalue weighted by Crippen LogP contribution is -2.33. The minimum Gasteiger partial charge on any atom is -0.467 e. The Balaban J connectivity index is 2.70. The van der Waals surface area contributed by atoms with Crippen molar-refractivity contribution in [1.29, 1.82) is 0 Å². The van der Waals surface area contributed by atoms with Crippen molar-refractivity contribution in [3.05, 3.63) is 40.8 Å². The molecule has 6 nitrogen and oxygen atoms in total. The topological polar surface area (TPSA) is 87.1 Å². The monoisotopic (exact) mass is 220 g/mol. The summed E-state index contributed by atoms with van der Waals surface area (Å²) in [7, 11) is 1.29. The number of hydrogen-bond donors (Lipinski definition) is 1. The summed E-state index contributed by atoms with van der Waals surface area (Å²) in [5.74, 6) is -0.462. The second kappa shape index (κ2) is 6.31. The fourth-order valence-electron chi connectivity index (χ4n) is 1.18. The summed E-state index contributed by atoms with van der Waals surface area (Å²) in [6.07, 6.45) is 0. The predicted molar refractivity (Wildman–Crippen MR) is 59.9 cm³/mol. The molecule has 84 valence electrons. The van der Waals surface area contributed by atoms with E-state index in [0.717, 1.165) is 5.69 Å². The maximum atomic E-state index is 11.4. The molecule has 0 spiro atoms. The van der Waals surface area contributed by atoms with E-state index in [0.29, 0.717) is 0 Å². The molecule has 0 aromatic heterocycles. The van der Waals surface area contributed by atoms with Gasteiger partial charge in [0.25, 0.3) is 0 Å². The van der Waals surface area contributed by atoms with E-state index in [1.165, 1.54) is 7.11 Å². The molecule has 0 aliphatic carbocycles. The van der Waals surface area contributed by atoms with Crippen molar-refractivity contribution in [2.45, 2.75) is 6.04 Å². The van der Waals surface area contributed by atoms with Gasteiger partial charge in [0, 0.05) is 10.6 Å². The van der Waals surface area contributed by atoms with Crippen LogP contribution < -0.4 is 5.32 Å². The molecule has 1 rings (SSSR count). The van der Waals surface area contributed by atoms with Crippen molar-refractivity contribution in [3.8, 4) is 0 Å². The number of carbonyl (C=O) groups is 1. The first-order chi connectivity index (χ1) is 7.77. The van der Waals surface area contributed by atoms with Gasteiger partial charge in [0.15, 0.2) is 0 Å². The van der Waals surface area contributed by atoms with E-state index in [1.54, 1.807) is 0 Å². The number of nitrogens with one attached hydrogen (secondary N) is 1. The van der Waals surface area contributed by atoms with Crippen molar-refractivity contribution in [2.75, 3.05) is 19.0 Å². The quantitative estimate of drug-likeness (QED) is 0.356. The highest BCUT2D eigenvalue weighted by Gasteiger charge is 2.17. The van der Waals surface area contributed by atoms with Crippen LogP contribution in [0.4, 0.5) is 5.69 Å². The summed E-state index contributed by atoms with van der Waals surface area (Å²) in [6, 6.07) is 8.50. The van der Waals surface area contributed by atoms with E-state index in [9.17, 15) is 4.79 Å². The number of esters is 1. The SMILES string of the molecule is COC(=O)C(CN=[N+]=[N-])Nc1ccccc1. The fraction of sp³-hybridized carbons (Fsp3) is 0.300. The number of para-hydroxylation sites is 1. The number of anilines is 1. The van der Waals surface area contributed by atoms with E-state index in [2.05, 4.69) is 20.1 Å². The molecule has 6 heteroatoms. The molecule has 0 radical (unpaired) electrons. The minimum atomic E-state index is -0.664. The fourth-order valence-corrected chi connectivity index (χ4v) is 1.18. The third-order valence-corrected chi connectivity index (χ3v) is 1.93. The number of methoxy groups -OCH3 is 1. The van der Waals surface area contributed by atoms with E-state index in [1.807, 2.05) is 30.3 Å². The van der Waals surface area contributed by atoms with E-state index < -0.39 is 12.0 Å². The first-order valence-electron chi connectivity index (χ1n) is 4.68. The molecule has 1 aromatic rings. The van der Waals surface area contributed by atoms with Crippen molar-refractivity contribution in [2.24, 2.45) is 5.11 Å². The third-order valence-electron chi connectivity index (χ3n) is 1.93. The van der Waals surface area contributed by atoms with E-state index in [4.69, 9.17) is 5.53 Å². The Kier molecular flexibility index (Phi) is 4.69. The molecule has 0 fully saturated rings. The van der Waals surface area contributed by atoms with Gasteiger partial charge in [-0.25, -0.2) is 4.79 Å². The predicted octanol–water partition coefficient (Wildman–Crippen LogP) is 1.95. The van der Waals surface area contributed by atoms with Gasteiger partial charge >= 0.3 is 5.97 Å². The Labute approximate surface area is 92.8 Å². The second-order valence-electron chi connectivity index (χ2n) is 3.00. The molecular formula is C10H12N4O2. The average Bonchev–Trinajstić information content (AvgIpc) is 2.34. The Morgan fingerprint density at radius 3 is 2.81 bits per heavy atom. The normalized spacial score (nSPS) is 11.1. The van der Waals surface area contributed by atoms with Crippen molar-refractivity contribution >= 4 is 11.7 Å². The van der Waals surface area contributed by atoms with Gasteiger partial charge in [-0.05, 0) is 17.7 Å². The van der Waals surface area contributed by atoms with Crippen molar-refractivity contribution < 1.29 is 9.53 Å². The zero-order chi connectivity index (χ0) is 11.8. The highest BCUT2D eigenvalue weighted by atomic mass is 16.5. The minimum absolute atomic E-state index is 0.0120. The van der Waals surface area contributed by atoms with Gasteiger partial charge in [0.1, 0.15) is 6.04 Å².